The Kier molecular flexibility index (Phi) is 4.45. The van der Waals surface area contributed by atoms with Gasteiger partial charge in [-0.25, -0.2) is 10.2 Å². The summed E-state index contributed by atoms with van der Waals surface area (Å²) in [5.41, 5.74) is 7.34. The lowest BCUT2D eigenvalue weighted by Crippen LogP contribution is -2.24. The molecule has 0 aliphatic heterocycles. The third kappa shape index (κ3) is 3.85. The normalized spacial score (nSPS) is 11.6. The average Bonchev–Trinajstić information content (AvgIpc) is 2.47. The summed E-state index contributed by atoms with van der Waals surface area (Å²) >= 11 is 0. The maximum absolute atomic E-state index is 13.0. The molecule has 0 aliphatic rings. The van der Waals surface area contributed by atoms with Crippen molar-refractivity contribution in [3.05, 3.63) is 59.7 Å². The third-order valence-corrected chi connectivity index (χ3v) is 2.84. The Morgan fingerprint density at radius 1 is 1.09 bits per heavy atom. The number of halogens is 3. The van der Waals surface area contributed by atoms with E-state index in [-0.39, 0.29) is 5.56 Å². The number of hydrazone groups is 1. The number of carbonyl (C=O) groups excluding carboxylic acids is 1. The minimum atomic E-state index is -4.41. The van der Waals surface area contributed by atoms with E-state index in [9.17, 15) is 18.0 Å². The van der Waals surface area contributed by atoms with Gasteiger partial charge in [0.2, 0.25) is 0 Å². The zero-order chi connectivity index (χ0) is 16.2. The number of nitrogens with zero attached hydrogens (tertiary/aromatic N) is 1. The van der Waals surface area contributed by atoms with Gasteiger partial charge in [0.05, 0.1) is 11.8 Å². The Labute approximate surface area is 124 Å². The van der Waals surface area contributed by atoms with Crippen molar-refractivity contribution in [3.8, 4) is 11.1 Å². The standard InChI is InChI=1S/C15H12F3N3O/c16-15(17,18)13-4-2-1-3-12(13)11-7-5-10(6-8-11)9-20-21-14(19)22/h1-9H,(H3,19,21,22). The summed E-state index contributed by atoms with van der Waals surface area (Å²) in [5.74, 6) is 0. The molecule has 2 amide bonds. The predicted molar refractivity (Wildman–Crippen MR) is 77.2 cm³/mol. The number of nitrogens with two attached hydrogens (primary N) is 1. The maximum Gasteiger partial charge on any atom is 0.417 e. The molecular weight excluding hydrogens is 295 g/mol. The second-order valence-electron chi connectivity index (χ2n) is 4.40. The van der Waals surface area contributed by atoms with Gasteiger partial charge in [0, 0.05) is 0 Å². The van der Waals surface area contributed by atoms with Crippen LogP contribution in [-0.4, -0.2) is 12.2 Å². The van der Waals surface area contributed by atoms with Crippen molar-refractivity contribution in [2.75, 3.05) is 0 Å². The van der Waals surface area contributed by atoms with Crippen LogP contribution in [0.4, 0.5) is 18.0 Å². The number of benzene rings is 2. The Hall–Kier alpha value is -2.83. The van der Waals surface area contributed by atoms with Gasteiger partial charge in [0.1, 0.15) is 0 Å². The SMILES string of the molecule is NC(=O)NN=Cc1ccc(-c2ccccc2C(F)(F)F)cc1. The van der Waals surface area contributed by atoms with E-state index in [0.29, 0.717) is 11.1 Å². The van der Waals surface area contributed by atoms with E-state index in [1.54, 1.807) is 30.3 Å². The summed E-state index contributed by atoms with van der Waals surface area (Å²) in [4.78, 5) is 10.5. The molecule has 2 aromatic rings. The smallest absolute Gasteiger partial charge is 0.350 e. The molecule has 0 spiro atoms. The molecule has 114 valence electrons. The van der Waals surface area contributed by atoms with Gasteiger partial charge in [-0.15, -0.1) is 0 Å². The molecular formula is C15H12F3N3O. The second-order valence-corrected chi connectivity index (χ2v) is 4.40. The fraction of sp³-hybridized carbons (Fsp3) is 0.0667. The van der Waals surface area contributed by atoms with Gasteiger partial charge >= 0.3 is 12.2 Å². The van der Waals surface area contributed by atoms with Crippen LogP contribution < -0.4 is 11.2 Å². The maximum atomic E-state index is 13.0. The number of carbonyl (C=O) groups is 1. The molecule has 0 fully saturated rings. The van der Waals surface area contributed by atoms with E-state index in [4.69, 9.17) is 5.73 Å². The van der Waals surface area contributed by atoms with E-state index >= 15 is 0 Å². The van der Waals surface area contributed by atoms with Crippen molar-refractivity contribution in [3.63, 3.8) is 0 Å². The minimum absolute atomic E-state index is 0.105. The Balaban J connectivity index is 2.28. The minimum Gasteiger partial charge on any atom is -0.350 e. The average molecular weight is 307 g/mol. The van der Waals surface area contributed by atoms with Gasteiger partial charge in [0.25, 0.3) is 0 Å². The van der Waals surface area contributed by atoms with Crippen molar-refractivity contribution in [2.45, 2.75) is 6.18 Å². The topological polar surface area (TPSA) is 67.5 Å². The molecule has 0 radical (unpaired) electrons. The molecule has 2 rings (SSSR count). The molecule has 0 bridgehead atoms. The van der Waals surface area contributed by atoms with Crippen LogP contribution in [0.25, 0.3) is 11.1 Å². The van der Waals surface area contributed by atoms with Gasteiger partial charge in [-0.2, -0.15) is 18.3 Å². The van der Waals surface area contributed by atoms with Crippen molar-refractivity contribution < 1.29 is 18.0 Å². The van der Waals surface area contributed by atoms with Crippen LogP contribution in [-0.2, 0) is 6.18 Å². The highest BCUT2D eigenvalue weighted by atomic mass is 19.4. The number of primary amides is 1. The van der Waals surface area contributed by atoms with Crippen LogP contribution in [0.1, 0.15) is 11.1 Å². The first kappa shape index (κ1) is 15.6. The fourth-order valence-corrected chi connectivity index (χ4v) is 1.90. The van der Waals surface area contributed by atoms with Gasteiger partial charge in [0.15, 0.2) is 0 Å². The summed E-state index contributed by atoms with van der Waals surface area (Å²) in [6.45, 7) is 0. The Bertz CT molecular complexity index is 694. The Morgan fingerprint density at radius 2 is 1.73 bits per heavy atom. The molecule has 7 heteroatoms. The predicted octanol–water partition coefficient (Wildman–Crippen LogP) is 3.37. The summed E-state index contributed by atoms with van der Waals surface area (Å²) in [6.07, 6.45) is -3.08. The lowest BCUT2D eigenvalue weighted by molar-refractivity contribution is -0.137. The van der Waals surface area contributed by atoms with E-state index < -0.39 is 17.8 Å². The molecule has 2 aromatic carbocycles. The van der Waals surface area contributed by atoms with Crippen LogP contribution in [0, 0.1) is 0 Å². The van der Waals surface area contributed by atoms with Crippen LogP contribution in [0.15, 0.2) is 53.6 Å². The van der Waals surface area contributed by atoms with E-state index in [1.165, 1.54) is 18.3 Å². The molecule has 3 N–H and O–H groups in total. The van der Waals surface area contributed by atoms with E-state index in [2.05, 4.69) is 5.10 Å². The number of rotatable bonds is 3. The second kappa shape index (κ2) is 6.30. The van der Waals surface area contributed by atoms with Crippen molar-refractivity contribution in [1.82, 2.24) is 5.43 Å². The molecule has 0 aliphatic carbocycles. The molecule has 0 aromatic heterocycles. The van der Waals surface area contributed by atoms with E-state index in [0.717, 1.165) is 6.07 Å². The first-order valence-corrected chi connectivity index (χ1v) is 6.23. The van der Waals surface area contributed by atoms with Crippen molar-refractivity contribution in [2.24, 2.45) is 10.8 Å². The molecule has 0 heterocycles. The zero-order valence-electron chi connectivity index (χ0n) is 11.3. The summed E-state index contributed by atoms with van der Waals surface area (Å²) in [7, 11) is 0. The number of urea groups is 1. The van der Waals surface area contributed by atoms with Gasteiger partial charge in [-0.3, -0.25) is 0 Å². The van der Waals surface area contributed by atoms with Gasteiger partial charge in [-0.1, -0.05) is 42.5 Å². The molecule has 22 heavy (non-hydrogen) atoms. The van der Waals surface area contributed by atoms with E-state index in [1.807, 2.05) is 5.43 Å². The highest BCUT2D eigenvalue weighted by molar-refractivity contribution is 5.82. The fourth-order valence-electron chi connectivity index (χ4n) is 1.90. The molecule has 0 saturated carbocycles. The lowest BCUT2D eigenvalue weighted by atomic mass is 9.98. The monoisotopic (exact) mass is 307 g/mol. The number of hydrogen-bond acceptors (Lipinski definition) is 2. The number of nitrogens with one attached hydrogen (secondary N) is 1. The molecule has 0 atom stereocenters. The van der Waals surface area contributed by atoms with Crippen LogP contribution in [0.3, 0.4) is 0 Å². The number of amides is 2. The van der Waals surface area contributed by atoms with Gasteiger partial charge in [-0.05, 0) is 22.8 Å². The van der Waals surface area contributed by atoms with Crippen molar-refractivity contribution in [1.29, 1.82) is 0 Å². The van der Waals surface area contributed by atoms with Crippen LogP contribution in [0.2, 0.25) is 0 Å². The zero-order valence-corrected chi connectivity index (χ0v) is 11.3. The summed E-state index contributed by atoms with van der Waals surface area (Å²) in [5, 5.41) is 3.57. The largest absolute Gasteiger partial charge is 0.417 e. The summed E-state index contributed by atoms with van der Waals surface area (Å²) < 4.78 is 38.9. The lowest BCUT2D eigenvalue weighted by Gasteiger charge is -2.12. The third-order valence-electron chi connectivity index (χ3n) is 2.84. The summed E-state index contributed by atoms with van der Waals surface area (Å²) in [6, 6.07) is 10.9. The quantitative estimate of drug-likeness (QED) is 0.662. The highest BCUT2D eigenvalue weighted by Gasteiger charge is 2.33. The molecule has 0 saturated heterocycles. The molecule has 4 nitrogen and oxygen atoms in total. The number of alkyl halides is 3. The first-order chi connectivity index (χ1) is 10.4. The van der Waals surface area contributed by atoms with Crippen LogP contribution in [0.5, 0.6) is 0 Å². The van der Waals surface area contributed by atoms with Crippen molar-refractivity contribution >= 4 is 12.2 Å². The molecule has 0 unspecified atom stereocenters. The Morgan fingerprint density at radius 3 is 2.32 bits per heavy atom. The highest BCUT2D eigenvalue weighted by Crippen LogP contribution is 2.36. The van der Waals surface area contributed by atoms with Gasteiger partial charge < -0.3 is 5.73 Å². The first-order valence-electron chi connectivity index (χ1n) is 6.23. The number of hydrogen-bond donors (Lipinski definition) is 2. The van der Waals surface area contributed by atoms with Crippen LogP contribution >= 0.6 is 0 Å².